The number of carbonyl (C=O) groups is 2. The van der Waals surface area contributed by atoms with Gasteiger partial charge < -0.3 is 10.4 Å². The Balaban J connectivity index is 1.81. The minimum atomic E-state index is -0.800. The van der Waals surface area contributed by atoms with Crippen LogP contribution in [0.3, 0.4) is 0 Å². The second kappa shape index (κ2) is 6.59. The van der Waals surface area contributed by atoms with Gasteiger partial charge in [-0.3, -0.25) is 9.59 Å². The van der Waals surface area contributed by atoms with Gasteiger partial charge in [0, 0.05) is 13.0 Å². The quantitative estimate of drug-likeness (QED) is 0.814. The normalized spacial score (nSPS) is 29.1. The van der Waals surface area contributed by atoms with Crippen LogP contribution in [-0.4, -0.2) is 23.5 Å². The van der Waals surface area contributed by atoms with Crippen LogP contribution in [0.4, 0.5) is 0 Å². The van der Waals surface area contributed by atoms with Crippen LogP contribution in [0, 0.1) is 17.3 Å². The highest BCUT2D eigenvalue weighted by atomic mass is 16.4. The topological polar surface area (TPSA) is 66.4 Å². The number of carboxylic acid groups (broad SMARTS) is 1. The van der Waals surface area contributed by atoms with E-state index in [2.05, 4.69) is 12.2 Å². The zero-order valence-electron chi connectivity index (χ0n) is 12.5. The molecule has 4 nitrogen and oxygen atoms in total. The van der Waals surface area contributed by atoms with Gasteiger partial charge in [-0.1, -0.05) is 32.6 Å². The molecule has 2 atom stereocenters. The fourth-order valence-corrected chi connectivity index (χ4v) is 3.83. The van der Waals surface area contributed by atoms with Gasteiger partial charge >= 0.3 is 5.97 Å². The molecule has 0 aromatic carbocycles. The first kappa shape index (κ1) is 15.3. The molecule has 2 rings (SSSR count). The molecule has 2 N–H and O–H groups in total. The number of amides is 1. The van der Waals surface area contributed by atoms with Crippen LogP contribution in [-0.2, 0) is 9.59 Å². The Hall–Kier alpha value is -1.06. The van der Waals surface area contributed by atoms with Gasteiger partial charge in [0.15, 0.2) is 0 Å². The predicted molar refractivity (Wildman–Crippen MR) is 77.3 cm³/mol. The molecule has 4 heteroatoms. The molecule has 0 saturated heterocycles. The summed E-state index contributed by atoms with van der Waals surface area (Å²) in [6, 6.07) is 0. The van der Waals surface area contributed by atoms with Crippen molar-refractivity contribution in [2.45, 2.75) is 64.7 Å². The molecule has 2 aliphatic rings. The van der Waals surface area contributed by atoms with Crippen molar-refractivity contribution < 1.29 is 14.7 Å². The maximum absolute atomic E-state index is 12.1. The van der Waals surface area contributed by atoms with Crippen LogP contribution < -0.4 is 5.32 Å². The van der Waals surface area contributed by atoms with E-state index in [1.54, 1.807) is 0 Å². The lowest BCUT2D eigenvalue weighted by Gasteiger charge is -2.32. The molecule has 0 aliphatic heterocycles. The average Bonchev–Trinajstić information content (AvgIpc) is 2.83. The summed E-state index contributed by atoms with van der Waals surface area (Å²) in [6.07, 6.45) is 8.03. The van der Waals surface area contributed by atoms with Crippen LogP contribution in [0.2, 0.25) is 0 Å². The molecule has 0 aromatic rings. The summed E-state index contributed by atoms with van der Waals surface area (Å²) in [7, 11) is 0. The molecule has 0 heterocycles. The van der Waals surface area contributed by atoms with Crippen LogP contribution in [0.5, 0.6) is 0 Å². The van der Waals surface area contributed by atoms with Crippen molar-refractivity contribution in [1.29, 1.82) is 0 Å². The molecule has 0 aromatic heterocycles. The monoisotopic (exact) mass is 281 g/mol. The van der Waals surface area contributed by atoms with E-state index in [0.717, 1.165) is 31.7 Å². The van der Waals surface area contributed by atoms with Crippen LogP contribution in [0.25, 0.3) is 0 Å². The van der Waals surface area contributed by atoms with E-state index in [-0.39, 0.29) is 12.3 Å². The number of hydrogen-bond acceptors (Lipinski definition) is 2. The van der Waals surface area contributed by atoms with Gasteiger partial charge in [0.2, 0.25) is 5.91 Å². The maximum atomic E-state index is 12.1. The van der Waals surface area contributed by atoms with E-state index < -0.39 is 11.4 Å². The Kier molecular flexibility index (Phi) is 5.06. The molecule has 114 valence electrons. The predicted octanol–water partition coefficient (Wildman–Crippen LogP) is 2.96. The summed E-state index contributed by atoms with van der Waals surface area (Å²) in [5, 5.41) is 12.4. The lowest BCUT2D eigenvalue weighted by Crippen LogP contribution is -2.40. The van der Waals surface area contributed by atoms with Crippen LogP contribution in [0.1, 0.15) is 64.7 Å². The van der Waals surface area contributed by atoms with Gasteiger partial charge in [-0.25, -0.2) is 0 Å². The molecule has 2 fully saturated rings. The summed E-state index contributed by atoms with van der Waals surface area (Å²) < 4.78 is 0. The number of hydrogen-bond donors (Lipinski definition) is 2. The lowest BCUT2D eigenvalue weighted by atomic mass is 9.71. The highest BCUT2D eigenvalue weighted by molar-refractivity contribution is 5.85. The minimum Gasteiger partial charge on any atom is -0.481 e. The third-order valence-corrected chi connectivity index (χ3v) is 5.15. The summed E-state index contributed by atoms with van der Waals surface area (Å²) in [5.74, 6) is 0.484. The summed E-state index contributed by atoms with van der Waals surface area (Å²) in [5.41, 5.74) is -0.800. The number of rotatable bonds is 5. The summed E-state index contributed by atoms with van der Waals surface area (Å²) >= 11 is 0. The van der Waals surface area contributed by atoms with Crippen molar-refractivity contribution in [3.8, 4) is 0 Å². The Morgan fingerprint density at radius 2 is 1.90 bits per heavy atom. The average molecular weight is 281 g/mol. The van der Waals surface area contributed by atoms with E-state index in [0.29, 0.717) is 18.8 Å². The molecular formula is C16H27NO3. The second-order valence-electron chi connectivity index (χ2n) is 6.91. The van der Waals surface area contributed by atoms with Gasteiger partial charge in [0.05, 0.1) is 5.41 Å². The number of aliphatic carboxylic acids is 1. The number of carbonyl (C=O) groups excluding carboxylic acids is 1. The molecular weight excluding hydrogens is 254 g/mol. The molecule has 0 radical (unpaired) electrons. The fourth-order valence-electron chi connectivity index (χ4n) is 3.83. The van der Waals surface area contributed by atoms with Crippen molar-refractivity contribution in [3.05, 3.63) is 0 Å². The Labute approximate surface area is 121 Å². The van der Waals surface area contributed by atoms with E-state index in [1.165, 1.54) is 19.3 Å². The van der Waals surface area contributed by atoms with Gasteiger partial charge in [0.25, 0.3) is 0 Å². The van der Waals surface area contributed by atoms with Gasteiger partial charge in [0.1, 0.15) is 0 Å². The third-order valence-electron chi connectivity index (χ3n) is 5.15. The number of nitrogens with one attached hydrogen (secondary N) is 1. The van der Waals surface area contributed by atoms with E-state index in [1.807, 2.05) is 0 Å². The van der Waals surface area contributed by atoms with Crippen LogP contribution in [0.15, 0.2) is 0 Å². The summed E-state index contributed by atoms with van der Waals surface area (Å²) in [4.78, 5) is 23.6. The summed E-state index contributed by atoms with van der Waals surface area (Å²) in [6.45, 7) is 2.97. The maximum Gasteiger partial charge on any atom is 0.310 e. The molecule has 2 aliphatic carbocycles. The van der Waals surface area contributed by atoms with Gasteiger partial charge in [-0.2, -0.15) is 0 Å². The van der Waals surface area contributed by atoms with E-state index in [9.17, 15) is 14.7 Å². The molecule has 0 spiro atoms. The first-order valence-corrected chi connectivity index (χ1v) is 8.02. The zero-order chi connectivity index (χ0) is 14.6. The Morgan fingerprint density at radius 3 is 2.45 bits per heavy atom. The zero-order valence-corrected chi connectivity index (χ0v) is 12.5. The first-order chi connectivity index (χ1) is 9.52. The highest BCUT2D eigenvalue weighted by Gasteiger charge is 2.41. The highest BCUT2D eigenvalue weighted by Crippen LogP contribution is 2.39. The minimum absolute atomic E-state index is 0.0751. The fraction of sp³-hybridized carbons (Fsp3) is 0.875. The molecule has 0 bridgehead atoms. The third kappa shape index (κ3) is 3.74. The van der Waals surface area contributed by atoms with Crippen molar-refractivity contribution >= 4 is 11.9 Å². The molecule has 20 heavy (non-hydrogen) atoms. The van der Waals surface area contributed by atoms with Crippen LogP contribution >= 0.6 is 0 Å². The number of carboxylic acids is 1. The van der Waals surface area contributed by atoms with Gasteiger partial charge in [-0.15, -0.1) is 0 Å². The SMILES string of the molecule is CC1CCC(CNC(=O)CC2(C(=O)O)CCCCC2)C1. The molecule has 1 amide bonds. The first-order valence-electron chi connectivity index (χ1n) is 8.02. The molecule has 2 unspecified atom stereocenters. The standard InChI is InChI=1S/C16H27NO3/c1-12-5-6-13(9-12)11-17-14(18)10-16(15(19)20)7-3-2-4-8-16/h12-13H,2-11H2,1H3,(H,17,18)(H,19,20). The lowest BCUT2D eigenvalue weighted by molar-refractivity contribution is -0.154. The Bertz CT molecular complexity index is 361. The second-order valence-corrected chi connectivity index (χ2v) is 6.91. The van der Waals surface area contributed by atoms with E-state index in [4.69, 9.17) is 0 Å². The van der Waals surface area contributed by atoms with E-state index >= 15 is 0 Å². The molecule has 2 saturated carbocycles. The van der Waals surface area contributed by atoms with Crippen molar-refractivity contribution in [2.75, 3.05) is 6.54 Å². The largest absolute Gasteiger partial charge is 0.481 e. The van der Waals surface area contributed by atoms with Gasteiger partial charge in [-0.05, 0) is 37.5 Å². The van der Waals surface area contributed by atoms with Crippen molar-refractivity contribution in [3.63, 3.8) is 0 Å². The van der Waals surface area contributed by atoms with Crippen molar-refractivity contribution in [1.82, 2.24) is 5.32 Å². The Morgan fingerprint density at radius 1 is 1.20 bits per heavy atom. The van der Waals surface area contributed by atoms with Crippen molar-refractivity contribution in [2.24, 2.45) is 17.3 Å². The smallest absolute Gasteiger partial charge is 0.310 e.